The highest BCUT2D eigenvalue weighted by Crippen LogP contribution is 2.43. The fourth-order valence-corrected chi connectivity index (χ4v) is 7.17. The SMILES string of the molecule is CCOc1cc(OC)c(C2=NO[C@]3(C2)C[C@@H](C(=O)N[C@@H](CC2CC2)C(=O)C(N)=O)N(C(=O)[C@@H](NC(=O)OC2CCCC2)C(C)(C)C)C3)cc1Cl. The first kappa shape index (κ1) is 37.2. The minimum absolute atomic E-state index is 0.00887. The van der Waals surface area contributed by atoms with Crippen molar-refractivity contribution in [2.45, 2.75) is 115 Å². The molecule has 2 aliphatic carbocycles. The Morgan fingerprint density at radius 1 is 1.10 bits per heavy atom. The maximum atomic E-state index is 14.5. The summed E-state index contributed by atoms with van der Waals surface area (Å²) in [6, 6.07) is -0.0197. The lowest BCUT2D eigenvalue weighted by molar-refractivity contribution is -0.143. The Labute approximate surface area is 297 Å². The van der Waals surface area contributed by atoms with E-state index in [9.17, 15) is 24.0 Å². The molecule has 15 heteroatoms. The van der Waals surface area contributed by atoms with E-state index in [2.05, 4.69) is 15.8 Å². The molecule has 1 aromatic rings. The first-order valence-corrected chi connectivity index (χ1v) is 17.7. The third-order valence-corrected chi connectivity index (χ3v) is 10.1. The number of alkyl carbamates (subject to hydrolysis) is 1. The highest BCUT2D eigenvalue weighted by molar-refractivity contribution is 6.38. The van der Waals surface area contributed by atoms with Crippen LogP contribution in [0.1, 0.15) is 91.0 Å². The fraction of sp³-hybridized carbons (Fsp3) is 0.657. The van der Waals surface area contributed by atoms with Gasteiger partial charge in [0.15, 0.2) is 5.60 Å². The molecule has 0 radical (unpaired) electrons. The Morgan fingerprint density at radius 3 is 2.40 bits per heavy atom. The number of Topliss-reactive ketones (excluding diaryl/α,β-unsaturated/α-hetero) is 1. The van der Waals surface area contributed by atoms with E-state index in [0.717, 1.165) is 38.5 Å². The number of benzene rings is 1. The number of halogens is 1. The molecule has 14 nitrogen and oxygen atoms in total. The molecule has 1 spiro atoms. The van der Waals surface area contributed by atoms with Crippen molar-refractivity contribution in [3.63, 3.8) is 0 Å². The van der Waals surface area contributed by atoms with Gasteiger partial charge in [0.25, 0.3) is 5.91 Å². The van der Waals surface area contributed by atoms with E-state index in [-0.39, 0.29) is 37.8 Å². The molecule has 3 fully saturated rings. The Kier molecular flexibility index (Phi) is 11.2. The smallest absolute Gasteiger partial charge is 0.408 e. The topological polar surface area (TPSA) is 188 Å². The van der Waals surface area contributed by atoms with Crippen molar-refractivity contribution in [2.24, 2.45) is 22.2 Å². The number of nitrogens with one attached hydrogen (secondary N) is 2. The van der Waals surface area contributed by atoms with E-state index >= 15 is 0 Å². The number of nitrogens with two attached hydrogens (primary N) is 1. The maximum absolute atomic E-state index is 14.5. The van der Waals surface area contributed by atoms with Crippen molar-refractivity contribution in [1.29, 1.82) is 0 Å². The van der Waals surface area contributed by atoms with E-state index in [0.29, 0.717) is 34.4 Å². The lowest BCUT2D eigenvalue weighted by atomic mass is 9.85. The van der Waals surface area contributed by atoms with Crippen molar-refractivity contribution in [3.05, 3.63) is 22.7 Å². The first-order chi connectivity index (χ1) is 23.6. The zero-order valence-corrected chi connectivity index (χ0v) is 30.1. The van der Waals surface area contributed by atoms with Gasteiger partial charge in [0, 0.05) is 24.5 Å². The quantitative estimate of drug-likeness (QED) is 0.256. The predicted octanol–water partition coefficient (Wildman–Crippen LogP) is 3.63. The molecule has 2 saturated carbocycles. The van der Waals surface area contributed by atoms with Crippen molar-refractivity contribution >= 4 is 46.9 Å². The summed E-state index contributed by atoms with van der Waals surface area (Å²) in [5, 5.41) is 10.2. The zero-order chi connectivity index (χ0) is 36.4. The number of carbonyl (C=O) groups is 5. The number of nitrogens with zero attached hydrogens (tertiary/aromatic N) is 2. The number of methoxy groups -OCH3 is 1. The van der Waals surface area contributed by atoms with E-state index in [1.807, 2.05) is 6.92 Å². The molecule has 2 aliphatic heterocycles. The van der Waals surface area contributed by atoms with Gasteiger partial charge in [-0.1, -0.05) is 50.4 Å². The van der Waals surface area contributed by atoms with Gasteiger partial charge in [-0.25, -0.2) is 4.79 Å². The van der Waals surface area contributed by atoms with Crippen LogP contribution in [0.4, 0.5) is 4.79 Å². The van der Waals surface area contributed by atoms with E-state index in [1.54, 1.807) is 32.9 Å². The van der Waals surface area contributed by atoms with Gasteiger partial charge in [-0.2, -0.15) is 0 Å². The number of hydrogen-bond donors (Lipinski definition) is 3. The van der Waals surface area contributed by atoms with Crippen LogP contribution in [0.2, 0.25) is 5.02 Å². The second-order valence-electron chi connectivity index (χ2n) is 14.8. The van der Waals surface area contributed by atoms with Crippen molar-refractivity contribution in [2.75, 3.05) is 20.3 Å². The molecule has 50 heavy (non-hydrogen) atoms. The summed E-state index contributed by atoms with van der Waals surface area (Å²) in [5.74, 6) is -2.15. The van der Waals surface area contributed by atoms with Crippen LogP contribution in [0.3, 0.4) is 0 Å². The Bertz CT molecular complexity index is 1530. The van der Waals surface area contributed by atoms with Crippen LogP contribution in [0.5, 0.6) is 11.5 Å². The van der Waals surface area contributed by atoms with E-state index in [4.69, 9.17) is 36.4 Å². The number of hydrogen-bond acceptors (Lipinski definition) is 10. The highest BCUT2D eigenvalue weighted by Gasteiger charge is 2.56. The Hall–Kier alpha value is -4.07. The number of carbonyl (C=O) groups excluding carboxylic acids is 5. The van der Waals surface area contributed by atoms with Crippen LogP contribution in [-0.4, -0.2) is 90.3 Å². The van der Waals surface area contributed by atoms with Gasteiger partial charge in [-0.3, -0.25) is 19.2 Å². The fourth-order valence-electron chi connectivity index (χ4n) is 6.95. The second kappa shape index (κ2) is 15.0. The average molecular weight is 718 g/mol. The average Bonchev–Trinajstić information content (AvgIpc) is 3.40. The molecule has 1 aromatic carbocycles. The summed E-state index contributed by atoms with van der Waals surface area (Å²) >= 11 is 6.52. The lowest BCUT2D eigenvalue weighted by Crippen LogP contribution is -2.59. The monoisotopic (exact) mass is 717 g/mol. The van der Waals surface area contributed by atoms with E-state index < -0.39 is 58.7 Å². The number of oxime groups is 1. The van der Waals surface area contributed by atoms with Crippen LogP contribution >= 0.6 is 11.6 Å². The van der Waals surface area contributed by atoms with Crippen LogP contribution < -0.4 is 25.8 Å². The van der Waals surface area contributed by atoms with Gasteiger partial charge in [-0.15, -0.1) is 0 Å². The normalized spacial score (nSPS) is 23.1. The summed E-state index contributed by atoms with van der Waals surface area (Å²) in [6.45, 7) is 7.59. The molecule has 4 atom stereocenters. The molecule has 4 N–H and O–H groups in total. The third-order valence-electron chi connectivity index (χ3n) is 9.78. The number of ketones is 1. The maximum Gasteiger partial charge on any atom is 0.408 e. The molecule has 0 aromatic heterocycles. The second-order valence-corrected chi connectivity index (χ2v) is 15.2. The van der Waals surface area contributed by atoms with Crippen LogP contribution in [0.15, 0.2) is 17.3 Å². The largest absolute Gasteiger partial charge is 0.496 e. The summed E-state index contributed by atoms with van der Waals surface area (Å²) in [5.41, 5.74) is 4.45. The number of ether oxygens (including phenoxy) is 3. The van der Waals surface area contributed by atoms with Gasteiger partial charge in [0.2, 0.25) is 17.6 Å². The van der Waals surface area contributed by atoms with Gasteiger partial charge in [-0.05, 0) is 56.4 Å². The standard InChI is InChI=1S/C35H48ClN5O9/c1-6-48-27-15-26(47-5)21(14-22(27)36)24-16-35(50-40-24)17-25(31(44)38-23(13-19-11-12-19)28(42)30(37)43)41(18-35)32(45)29(34(2,3)4)39-33(46)49-20-9-7-8-10-20/h14-15,19-20,23,25,29H,6-13,16-18H2,1-5H3,(H2,37,43)(H,38,44)(H,39,46)/t23-,25-,29+,35+/m0/s1. The van der Waals surface area contributed by atoms with Crippen LogP contribution in [-0.2, 0) is 28.8 Å². The predicted molar refractivity (Wildman–Crippen MR) is 183 cm³/mol. The Balaban J connectivity index is 1.43. The Morgan fingerprint density at radius 2 is 1.80 bits per heavy atom. The van der Waals surface area contributed by atoms with Gasteiger partial charge >= 0.3 is 6.09 Å². The van der Waals surface area contributed by atoms with Crippen LogP contribution in [0, 0.1) is 11.3 Å². The molecule has 1 saturated heterocycles. The summed E-state index contributed by atoms with van der Waals surface area (Å²) in [4.78, 5) is 73.8. The number of rotatable bonds is 13. The molecule has 0 unspecified atom stereocenters. The van der Waals surface area contributed by atoms with Gasteiger partial charge < -0.3 is 40.3 Å². The molecule has 2 heterocycles. The van der Waals surface area contributed by atoms with Crippen molar-refractivity contribution in [3.8, 4) is 11.5 Å². The van der Waals surface area contributed by atoms with E-state index in [1.165, 1.54) is 12.0 Å². The van der Waals surface area contributed by atoms with Gasteiger partial charge in [0.05, 0.1) is 37.0 Å². The highest BCUT2D eigenvalue weighted by atomic mass is 35.5. The number of amides is 4. The molecular formula is C35H48ClN5O9. The number of likely N-dealkylation sites (tertiary alicyclic amines) is 1. The minimum Gasteiger partial charge on any atom is -0.496 e. The van der Waals surface area contributed by atoms with Crippen molar-refractivity contribution in [1.82, 2.24) is 15.5 Å². The molecular weight excluding hydrogens is 670 g/mol. The molecule has 5 rings (SSSR count). The van der Waals surface area contributed by atoms with Gasteiger partial charge in [0.1, 0.15) is 29.7 Å². The summed E-state index contributed by atoms with van der Waals surface area (Å²) in [6.07, 6.45) is 4.72. The summed E-state index contributed by atoms with van der Waals surface area (Å²) in [7, 11) is 1.51. The molecule has 0 bridgehead atoms. The molecule has 4 amide bonds. The number of primary amides is 1. The summed E-state index contributed by atoms with van der Waals surface area (Å²) < 4.78 is 16.9. The minimum atomic E-state index is -1.15. The molecule has 274 valence electrons. The third kappa shape index (κ3) is 8.44. The van der Waals surface area contributed by atoms with Crippen LogP contribution in [0.25, 0.3) is 0 Å². The zero-order valence-electron chi connectivity index (χ0n) is 29.3. The van der Waals surface area contributed by atoms with Crippen molar-refractivity contribution < 1.29 is 43.0 Å². The lowest BCUT2D eigenvalue weighted by Gasteiger charge is -2.35. The first-order valence-electron chi connectivity index (χ1n) is 17.3. The molecule has 4 aliphatic rings.